The van der Waals surface area contributed by atoms with Crippen LogP contribution in [0.1, 0.15) is 60.9 Å². The fourth-order valence-corrected chi connectivity index (χ4v) is 4.90. The average Bonchev–Trinajstić information content (AvgIpc) is 3.39. The molecule has 0 aliphatic carbocycles. The van der Waals surface area contributed by atoms with Crippen LogP contribution in [0.3, 0.4) is 0 Å². The van der Waals surface area contributed by atoms with Gasteiger partial charge in [-0.1, -0.05) is 43.3 Å². The second-order valence-corrected chi connectivity index (χ2v) is 9.00. The van der Waals surface area contributed by atoms with E-state index in [2.05, 4.69) is 6.92 Å². The number of likely N-dealkylation sites (tertiary alicyclic amines) is 2. The molecular formula is C27H34N2O3. The maximum Gasteiger partial charge on any atom is 0.253 e. The molecule has 2 aromatic carbocycles. The zero-order chi connectivity index (χ0) is 22.3. The molecule has 2 amide bonds. The molecule has 2 fully saturated rings. The molecule has 5 nitrogen and oxygen atoms in total. The Kier molecular flexibility index (Phi) is 7.46. The number of hydrogen-bond acceptors (Lipinski definition) is 3. The van der Waals surface area contributed by atoms with Crippen molar-refractivity contribution in [3.8, 4) is 5.75 Å². The van der Waals surface area contributed by atoms with E-state index < -0.39 is 0 Å². The SMILES string of the molecule is CC[C@@H](C(=O)N1CCC[C@@H](COc2cccc(C(=O)N3CCCC3)c2)C1)c1ccccc1. The summed E-state index contributed by atoms with van der Waals surface area (Å²) >= 11 is 0. The smallest absolute Gasteiger partial charge is 0.253 e. The van der Waals surface area contributed by atoms with E-state index in [0.29, 0.717) is 18.1 Å². The Morgan fingerprint density at radius 2 is 1.72 bits per heavy atom. The van der Waals surface area contributed by atoms with Gasteiger partial charge in [0.1, 0.15) is 5.75 Å². The Labute approximate surface area is 191 Å². The second-order valence-electron chi connectivity index (χ2n) is 9.00. The summed E-state index contributed by atoms with van der Waals surface area (Å²) in [6.07, 6.45) is 5.03. The molecule has 32 heavy (non-hydrogen) atoms. The second kappa shape index (κ2) is 10.7. The summed E-state index contributed by atoms with van der Waals surface area (Å²) in [5.74, 6) is 1.27. The molecule has 5 heteroatoms. The maximum atomic E-state index is 13.2. The molecule has 0 radical (unpaired) electrons. The molecule has 0 saturated carbocycles. The molecule has 2 saturated heterocycles. The van der Waals surface area contributed by atoms with Crippen LogP contribution in [0, 0.1) is 5.92 Å². The Morgan fingerprint density at radius 1 is 0.969 bits per heavy atom. The number of carbonyl (C=O) groups is 2. The van der Waals surface area contributed by atoms with Crippen LogP contribution in [0.25, 0.3) is 0 Å². The van der Waals surface area contributed by atoms with Gasteiger partial charge in [-0.3, -0.25) is 9.59 Å². The first-order valence-corrected chi connectivity index (χ1v) is 12.0. The molecule has 0 spiro atoms. The minimum Gasteiger partial charge on any atom is -0.493 e. The maximum absolute atomic E-state index is 13.2. The largest absolute Gasteiger partial charge is 0.493 e. The first kappa shape index (κ1) is 22.4. The van der Waals surface area contributed by atoms with Crippen LogP contribution in [-0.2, 0) is 4.79 Å². The van der Waals surface area contributed by atoms with Gasteiger partial charge in [0.2, 0.25) is 5.91 Å². The van der Waals surface area contributed by atoms with Crippen molar-refractivity contribution < 1.29 is 14.3 Å². The molecule has 2 aromatic rings. The molecule has 0 bridgehead atoms. The third-order valence-electron chi connectivity index (χ3n) is 6.70. The van der Waals surface area contributed by atoms with Crippen LogP contribution in [0.15, 0.2) is 54.6 Å². The number of piperidine rings is 1. The predicted molar refractivity (Wildman–Crippen MR) is 126 cm³/mol. The van der Waals surface area contributed by atoms with Gasteiger partial charge in [-0.25, -0.2) is 0 Å². The van der Waals surface area contributed by atoms with Gasteiger partial charge in [0.15, 0.2) is 0 Å². The topological polar surface area (TPSA) is 49.9 Å². The summed E-state index contributed by atoms with van der Waals surface area (Å²) in [4.78, 5) is 29.8. The molecule has 2 aliphatic rings. The van der Waals surface area contributed by atoms with Gasteiger partial charge < -0.3 is 14.5 Å². The highest BCUT2D eigenvalue weighted by molar-refractivity contribution is 5.94. The Morgan fingerprint density at radius 3 is 2.47 bits per heavy atom. The number of benzene rings is 2. The Hall–Kier alpha value is -2.82. The molecular weight excluding hydrogens is 400 g/mol. The van der Waals surface area contributed by atoms with Crippen molar-refractivity contribution in [3.63, 3.8) is 0 Å². The lowest BCUT2D eigenvalue weighted by Gasteiger charge is -2.35. The zero-order valence-corrected chi connectivity index (χ0v) is 19.0. The van der Waals surface area contributed by atoms with Crippen LogP contribution in [0.4, 0.5) is 0 Å². The van der Waals surface area contributed by atoms with Crippen LogP contribution < -0.4 is 4.74 Å². The van der Waals surface area contributed by atoms with Crippen molar-refractivity contribution in [1.29, 1.82) is 0 Å². The van der Waals surface area contributed by atoms with Crippen molar-refractivity contribution in [2.24, 2.45) is 5.92 Å². The summed E-state index contributed by atoms with van der Waals surface area (Å²) in [6.45, 7) is 5.88. The molecule has 2 aliphatic heterocycles. The van der Waals surface area contributed by atoms with E-state index >= 15 is 0 Å². The van der Waals surface area contributed by atoms with Gasteiger partial charge in [0.25, 0.3) is 5.91 Å². The molecule has 2 atom stereocenters. The third-order valence-corrected chi connectivity index (χ3v) is 6.70. The number of hydrogen-bond donors (Lipinski definition) is 0. The fourth-order valence-electron chi connectivity index (χ4n) is 4.90. The van der Waals surface area contributed by atoms with Gasteiger partial charge in [-0.05, 0) is 55.9 Å². The lowest BCUT2D eigenvalue weighted by Crippen LogP contribution is -2.43. The average molecular weight is 435 g/mol. The Balaban J connectivity index is 1.34. The van der Waals surface area contributed by atoms with Gasteiger partial charge in [-0.15, -0.1) is 0 Å². The number of rotatable bonds is 7. The third kappa shape index (κ3) is 5.32. The van der Waals surface area contributed by atoms with Crippen LogP contribution in [0.5, 0.6) is 5.75 Å². The summed E-state index contributed by atoms with van der Waals surface area (Å²) in [7, 11) is 0. The first-order valence-electron chi connectivity index (χ1n) is 12.0. The number of ether oxygens (including phenoxy) is 1. The minimum absolute atomic E-state index is 0.0795. The monoisotopic (exact) mass is 434 g/mol. The lowest BCUT2D eigenvalue weighted by molar-refractivity contribution is -0.135. The Bertz CT molecular complexity index is 908. The van der Waals surface area contributed by atoms with E-state index in [1.165, 1.54) is 0 Å². The summed E-state index contributed by atoms with van der Waals surface area (Å²) in [6, 6.07) is 17.6. The highest BCUT2D eigenvalue weighted by atomic mass is 16.5. The van der Waals surface area contributed by atoms with Crippen molar-refractivity contribution in [1.82, 2.24) is 9.80 Å². The standard InChI is InChI=1S/C27H34N2O3/c1-2-25(22-11-4-3-5-12-22)27(31)29-17-9-10-21(19-29)20-32-24-14-8-13-23(18-24)26(30)28-15-6-7-16-28/h3-5,8,11-14,18,21,25H,2,6-7,9-10,15-17,19-20H2,1H3/t21-,25-/m1/s1. The van der Waals surface area contributed by atoms with E-state index in [-0.39, 0.29) is 17.7 Å². The van der Waals surface area contributed by atoms with Gasteiger partial charge in [-0.2, -0.15) is 0 Å². The zero-order valence-electron chi connectivity index (χ0n) is 19.0. The van der Waals surface area contributed by atoms with E-state index in [1.807, 2.05) is 64.4 Å². The van der Waals surface area contributed by atoms with Gasteiger partial charge in [0.05, 0.1) is 12.5 Å². The van der Waals surface area contributed by atoms with E-state index in [4.69, 9.17) is 4.74 Å². The van der Waals surface area contributed by atoms with Crippen LogP contribution >= 0.6 is 0 Å². The quantitative estimate of drug-likeness (QED) is 0.633. The number of amides is 2. The van der Waals surface area contributed by atoms with Crippen molar-refractivity contribution >= 4 is 11.8 Å². The summed E-state index contributed by atoms with van der Waals surface area (Å²) < 4.78 is 6.09. The molecule has 0 aromatic heterocycles. The fraction of sp³-hybridized carbons (Fsp3) is 0.481. The predicted octanol–water partition coefficient (Wildman–Crippen LogP) is 4.73. The van der Waals surface area contributed by atoms with Crippen molar-refractivity contribution in [2.75, 3.05) is 32.8 Å². The van der Waals surface area contributed by atoms with Crippen molar-refractivity contribution in [2.45, 2.75) is 44.9 Å². The summed E-state index contributed by atoms with van der Waals surface area (Å²) in [5, 5.41) is 0. The highest BCUT2D eigenvalue weighted by Gasteiger charge is 2.29. The lowest BCUT2D eigenvalue weighted by atomic mass is 9.92. The molecule has 170 valence electrons. The summed E-state index contributed by atoms with van der Waals surface area (Å²) in [5.41, 5.74) is 1.79. The molecule has 2 heterocycles. The molecule has 0 unspecified atom stereocenters. The minimum atomic E-state index is -0.0795. The van der Waals surface area contributed by atoms with E-state index in [1.54, 1.807) is 0 Å². The van der Waals surface area contributed by atoms with Gasteiger partial charge in [0, 0.05) is 37.7 Å². The van der Waals surface area contributed by atoms with Crippen LogP contribution in [0.2, 0.25) is 0 Å². The van der Waals surface area contributed by atoms with E-state index in [9.17, 15) is 9.59 Å². The van der Waals surface area contributed by atoms with E-state index in [0.717, 1.165) is 69.6 Å². The highest BCUT2D eigenvalue weighted by Crippen LogP contribution is 2.26. The van der Waals surface area contributed by atoms with Gasteiger partial charge >= 0.3 is 0 Å². The number of carbonyl (C=O) groups excluding carboxylic acids is 2. The molecule has 0 N–H and O–H groups in total. The normalized spacial score (nSPS) is 19.6. The molecule has 4 rings (SSSR count). The van der Waals surface area contributed by atoms with Crippen LogP contribution in [-0.4, -0.2) is 54.4 Å². The number of nitrogens with zero attached hydrogens (tertiary/aromatic N) is 2. The van der Waals surface area contributed by atoms with Crippen molar-refractivity contribution in [3.05, 3.63) is 65.7 Å². The first-order chi connectivity index (χ1) is 15.7.